The Morgan fingerprint density at radius 1 is 1.23 bits per heavy atom. The number of carbonyl (C=O) groups is 2. The van der Waals surface area contributed by atoms with E-state index >= 15 is 0 Å². The molecule has 15 heteroatoms. The molecule has 0 aliphatic carbocycles. The molecule has 0 bridgehead atoms. The second kappa shape index (κ2) is 11.9. The molecule has 2 aromatic rings. The number of benzene rings is 1. The molecular weight excluding hydrogens is 541 g/mol. The minimum absolute atomic E-state index is 0.0928. The number of anilines is 1. The molecule has 4 rings (SSSR count). The van der Waals surface area contributed by atoms with E-state index in [1.54, 1.807) is 11.9 Å². The van der Waals surface area contributed by atoms with Crippen molar-refractivity contribution in [3.8, 4) is 5.75 Å². The third-order valence-corrected chi connectivity index (χ3v) is 7.15. The van der Waals surface area contributed by atoms with Gasteiger partial charge in [-0.15, -0.1) is 0 Å². The number of alkyl halides is 2. The van der Waals surface area contributed by atoms with Crippen LogP contribution in [0, 0.1) is 0 Å². The van der Waals surface area contributed by atoms with Crippen molar-refractivity contribution in [2.45, 2.75) is 18.8 Å². The summed E-state index contributed by atoms with van der Waals surface area (Å²) in [6.07, 6.45) is 1.60. The molecule has 3 heterocycles. The zero-order valence-corrected chi connectivity index (χ0v) is 22.3. The third-order valence-electron chi connectivity index (χ3n) is 6.77. The van der Waals surface area contributed by atoms with Crippen LogP contribution in [0.3, 0.4) is 0 Å². The average Bonchev–Trinajstić information content (AvgIpc) is 3.25. The second-order valence-electron chi connectivity index (χ2n) is 9.64. The highest BCUT2D eigenvalue weighted by atomic mass is 32.3. The van der Waals surface area contributed by atoms with Crippen LogP contribution in [0.25, 0.3) is 10.9 Å². The van der Waals surface area contributed by atoms with E-state index in [-0.39, 0.29) is 29.1 Å². The lowest BCUT2D eigenvalue weighted by atomic mass is 10.1. The molecule has 11 nitrogen and oxygen atoms in total. The summed E-state index contributed by atoms with van der Waals surface area (Å²) in [7, 11) is -3.65. The van der Waals surface area contributed by atoms with Crippen molar-refractivity contribution >= 4 is 38.9 Å². The Kier molecular flexibility index (Phi) is 8.81. The van der Waals surface area contributed by atoms with Crippen molar-refractivity contribution in [2.24, 2.45) is 0 Å². The Morgan fingerprint density at radius 3 is 2.64 bits per heavy atom. The van der Waals surface area contributed by atoms with Gasteiger partial charge in [0.1, 0.15) is 0 Å². The fourth-order valence-corrected chi connectivity index (χ4v) is 5.08. The molecule has 1 aromatic carbocycles. The Hall–Kier alpha value is -3.17. The predicted octanol–water partition coefficient (Wildman–Crippen LogP) is 1.16. The van der Waals surface area contributed by atoms with Gasteiger partial charge < -0.3 is 29.5 Å². The summed E-state index contributed by atoms with van der Waals surface area (Å²) >= 11 is 0. The van der Waals surface area contributed by atoms with E-state index in [0.717, 1.165) is 44.0 Å². The molecule has 2 aliphatic heterocycles. The third kappa shape index (κ3) is 7.70. The largest absolute Gasteiger partial charge is 0.488 e. The number of hydrogen-bond donors (Lipinski definition) is 2. The summed E-state index contributed by atoms with van der Waals surface area (Å²) in [6, 6.07) is 4.11. The Bertz CT molecular complexity index is 1320. The number of rotatable bonds is 10. The molecule has 2 fully saturated rings. The summed E-state index contributed by atoms with van der Waals surface area (Å²) in [5.41, 5.74) is 0.496. The summed E-state index contributed by atoms with van der Waals surface area (Å²) in [4.78, 5) is 34.4. The molecule has 2 amide bonds. The van der Waals surface area contributed by atoms with Crippen molar-refractivity contribution < 1.29 is 34.9 Å². The van der Waals surface area contributed by atoms with Gasteiger partial charge in [0.25, 0.3) is 11.8 Å². The number of aromatic nitrogens is 1. The maximum atomic E-state index is 13.5. The SMILES string of the molecule is CN(CCCN1CCNCC1)c1cc2c(C(=O)NCC(=O)N3CCC(F)(F)C3)ccnc2cc1OS(=O)(=O)F. The van der Waals surface area contributed by atoms with Crippen LogP contribution in [0.5, 0.6) is 5.75 Å². The number of carbonyl (C=O) groups excluding carboxylic acids is 2. The maximum absolute atomic E-state index is 13.5. The molecule has 1 aromatic heterocycles. The quantitative estimate of drug-likeness (QED) is 0.404. The van der Waals surface area contributed by atoms with E-state index in [4.69, 9.17) is 0 Å². The molecule has 0 radical (unpaired) electrons. The summed E-state index contributed by atoms with van der Waals surface area (Å²) in [5, 5.41) is 6.04. The minimum Gasteiger partial charge on any atom is -0.371 e. The van der Waals surface area contributed by atoms with Crippen LogP contribution in [0.4, 0.5) is 18.4 Å². The lowest BCUT2D eigenvalue weighted by molar-refractivity contribution is -0.130. The van der Waals surface area contributed by atoms with Crippen LogP contribution in [-0.2, 0) is 15.3 Å². The van der Waals surface area contributed by atoms with Crippen LogP contribution in [0.1, 0.15) is 23.2 Å². The van der Waals surface area contributed by atoms with E-state index < -0.39 is 47.8 Å². The topological polar surface area (TPSA) is 124 Å². The molecule has 0 saturated carbocycles. The molecule has 2 aliphatic rings. The highest BCUT2D eigenvalue weighted by molar-refractivity contribution is 7.81. The van der Waals surface area contributed by atoms with Crippen molar-refractivity contribution in [3.05, 3.63) is 30.0 Å². The fourth-order valence-electron chi connectivity index (χ4n) is 4.73. The Labute approximate surface area is 224 Å². The average molecular weight is 573 g/mol. The molecule has 0 atom stereocenters. The van der Waals surface area contributed by atoms with Crippen LogP contribution in [-0.4, -0.2) is 107 Å². The van der Waals surface area contributed by atoms with E-state index in [9.17, 15) is 30.7 Å². The van der Waals surface area contributed by atoms with Gasteiger partial charge >= 0.3 is 10.5 Å². The Balaban J connectivity index is 1.53. The van der Waals surface area contributed by atoms with Gasteiger partial charge in [-0.2, -0.15) is 8.42 Å². The first-order chi connectivity index (χ1) is 18.4. The lowest BCUT2D eigenvalue weighted by Crippen LogP contribution is -2.44. The highest BCUT2D eigenvalue weighted by Crippen LogP contribution is 2.35. The number of likely N-dealkylation sites (tertiary alicyclic amines) is 1. The molecule has 39 heavy (non-hydrogen) atoms. The number of fused-ring (bicyclic) bond motifs is 1. The number of hydrogen-bond acceptors (Lipinski definition) is 9. The summed E-state index contributed by atoms with van der Waals surface area (Å²) in [5.74, 6) is -4.51. The number of pyridine rings is 1. The van der Waals surface area contributed by atoms with Crippen LogP contribution in [0.2, 0.25) is 0 Å². The van der Waals surface area contributed by atoms with Gasteiger partial charge in [0.15, 0.2) is 5.75 Å². The number of nitrogens with zero attached hydrogens (tertiary/aromatic N) is 4. The predicted molar refractivity (Wildman–Crippen MR) is 138 cm³/mol. The molecule has 2 saturated heterocycles. The first kappa shape index (κ1) is 28.8. The lowest BCUT2D eigenvalue weighted by Gasteiger charge is -2.28. The maximum Gasteiger partial charge on any atom is 0.488 e. The molecule has 214 valence electrons. The molecule has 0 spiro atoms. The Morgan fingerprint density at radius 2 is 1.97 bits per heavy atom. The van der Waals surface area contributed by atoms with Gasteiger partial charge in [0, 0.05) is 70.4 Å². The van der Waals surface area contributed by atoms with Crippen molar-refractivity contribution in [1.29, 1.82) is 0 Å². The number of nitrogens with one attached hydrogen (secondary N) is 2. The van der Waals surface area contributed by atoms with Crippen molar-refractivity contribution in [3.63, 3.8) is 0 Å². The molecular formula is C24H31F3N6O5S. The van der Waals surface area contributed by atoms with Gasteiger partial charge in [-0.25, -0.2) is 8.78 Å². The minimum atomic E-state index is -5.35. The summed E-state index contributed by atoms with van der Waals surface area (Å²) in [6.45, 7) is 3.68. The van der Waals surface area contributed by atoms with E-state index in [0.29, 0.717) is 11.9 Å². The van der Waals surface area contributed by atoms with Crippen molar-refractivity contribution in [2.75, 3.05) is 70.9 Å². The number of halogens is 3. The van der Waals surface area contributed by atoms with E-state index in [2.05, 4.69) is 24.7 Å². The van der Waals surface area contributed by atoms with Gasteiger partial charge in [0.05, 0.1) is 29.9 Å². The zero-order chi connectivity index (χ0) is 28.2. The molecule has 2 N–H and O–H groups in total. The van der Waals surface area contributed by atoms with Gasteiger partial charge in [-0.05, 0) is 25.1 Å². The smallest absolute Gasteiger partial charge is 0.371 e. The monoisotopic (exact) mass is 572 g/mol. The summed E-state index contributed by atoms with van der Waals surface area (Å²) < 4.78 is 67.6. The van der Waals surface area contributed by atoms with Crippen LogP contribution >= 0.6 is 0 Å². The van der Waals surface area contributed by atoms with Gasteiger partial charge in [0.2, 0.25) is 5.91 Å². The van der Waals surface area contributed by atoms with Crippen LogP contribution < -0.4 is 19.7 Å². The first-order valence-electron chi connectivity index (χ1n) is 12.6. The number of amides is 2. The second-order valence-corrected chi connectivity index (χ2v) is 10.6. The van der Waals surface area contributed by atoms with Crippen molar-refractivity contribution in [1.82, 2.24) is 25.4 Å². The highest BCUT2D eigenvalue weighted by Gasteiger charge is 2.40. The fraction of sp³-hybridized carbons (Fsp3) is 0.542. The molecule has 0 unspecified atom stereocenters. The van der Waals surface area contributed by atoms with E-state index in [1.165, 1.54) is 24.4 Å². The van der Waals surface area contributed by atoms with E-state index in [1.807, 2.05) is 0 Å². The van der Waals surface area contributed by atoms with Crippen LogP contribution in [0.15, 0.2) is 24.4 Å². The van der Waals surface area contributed by atoms with Gasteiger partial charge in [-0.1, -0.05) is 3.89 Å². The zero-order valence-electron chi connectivity index (χ0n) is 21.5. The van der Waals surface area contributed by atoms with Gasteiger partial charge in [-0.3, -0.25) is 14.6 Å². The number of piperazine rings is 1. The first-order valence-corrected chi connectivity index (χ1v) is 13.9. The normalized spacial score (nSPS) is 17.8. The standard InChI is InChI=1S/C24H31F3N6O5S/c1-31(8-2-9-32-11-6-28-7-12-32)20-13-18-17(3-5-29-19(18)14-21(20)38-39(27,36)37)23(35)30-15-22(34)33-10-4-24(25,26)16-33/h3,5,13-14,28H,2,4,6-12,15-16H2,1H3,(H,30,35).